The van der Waals surface area contributed by atoms with E-state index >= 15 is 0 Å². The van der Waals surface area contributed by atoms with Crippen LogP contribution in [0, 0.1) is 5.92 Å². The third kappa shape index (κ3) is 3.95. The van der Waals surface area contributed by atoms with Crippen molar-refractivity contribution in [1.82, 2.24) is 0 Å². The van der Waals surface area contributed by atoms with E-state index in [9.17, 15) is 0 Å². The molecule has 0 unspecified atom stereocenters. The summed E-state index contributed by atoms with van der Waals surface area (Å²) >= 11 is 0. The Labute approximate surface area is 134 Å². The summed E-state index contributed by atoms with van der Waals surface area (Å²) in [5, 5.41) is 0. The zero-order valence-corrected chi connectivity index (χ0v) is 14.1. The third-order valence-corrected chi connectivity index (χ3v) is 5.12. The molecule has 0 aliphatic carbocycles. The molecule has 1 fully saturated rings. The fourth-order valence-electron chi connectivity index (χ4n) is 3.68. The van der Waals surface area contributed by atoms with Crippen molar-refractivity contribution in [2.45, 2.75) is 51.9 Å². The number of hydrogen-bond acceptors (Lipinski definition) is 2. The van der Waals surface area contributed by atoms with Gasteiger partial charge in [0.15, 0.2) is 11.5 Å². The highest BCUT2D eigenvalue weighted by Crippen LogP contribution is 2.36. The van der Waals surface area contributed by atoms with E-state index in [-0.39, 0.29) is 0 Å². The fourth-order valence-corrected chi connectivity index (χ4v) is 3.68. The van der Waals surface area contributed by atoms with Crippen LogP contribution in [-0.4, -0.2) is 26.4 Å². The molecule has 0 saturated carbocycles. The van der Waals surface area contributed by atoms with Gasteiger partial charge in [-0.25, -0.2) is 0 Å². The molecular formula is C19H30NO2+. The van der Waals surface area contributed by atoms with Crippen LogP contribution < -0.4 is 14.4 Å². The first-order valence-corrected chi connectivity index (χ1v) is 8.95. The van der Waals surface area contributed by atoms with Crippen LogP contribution in [0.25, 0.3) is 0 Å². The number of likely N-dealkylation sites (tertiary alicyclic amines) is 1. The molecule has 0 radical (unpaired) electrons. The fraction of sp³-hybridized carbons (Fsp3) is 0.684. The Bertz CT molecular complexity index is 480. The second kappa shape index (κ2) is 7.36. The summed E-state index contributed by atoms with van der Waals surface area (Å²) in [6, 6.07) is 6.55. The molecule has 1 atom stereocenters. The molecule has 122 valence electrons. The number of quaternary nitrogens is 1. The molecule has 3 rings (SSSR count). The Hall–Kier alpha value is -1.22. The molecule has 1 aromatic rings. The van der Waals surface area contributed by atoms with E-state index in [0.29, 0.717) is 12.7 Å². The second-order valence-electron chi connectivity index (χ2n) is 7.28. The van der Waals surface area contributed by atoms with Crippen LogP contribution in [-0.2, 0) is 0 Å². The molecule has 0 bridgehead atoms. The predicted molar refractivity (Wildman–Crippen MR) is 88.8 cm³/mol. The molecule has 1 saturated heterocycles. The number of benzene rings is 1. The highest BCUT2D eigenvalue weighted by Gasteiger charge is 2.21. The minimum Gasteiger partial charge on any atom is -0.454 e. The summed E-state index contributed by atoms with van der Waals surface area (Å²) in [5.41, 5.74) is 1.43. The summed E-state index contributed by atoms with van der Waals surface area (Å²) in [6.07, 6.45) is 6.70. The first-order chi connectivity index (χ1) is 10.7. The molecular weight excluding hydrogens is 274 g/mol. The summed E-state index contributed by atoms with van der Waals surface area (Å²) in [4.78, 5) is 1.80. The molecule has 0 aromatic heterocycles. The van der Waals surface area contributed by atoms with Crippen molar-refractivity contribution in [1.29, 1.82) is 0 Å². The second-order valence-corrected chi connectivity index (χ2v) is 7.28. The maximum atomic E-state index is 5.57. The standard InChI is InChI=1S/C19H29NO2/c1-15(2)5-6-16(9-12-20-10-3-4-11-20)17-7-8-18-19(13-17)22-14-21-18/h7-8,13,15-16H,3-6,9-12,14H2,1-2H3/p+1/t16-/m0/s1. The van der Waals surface area contributed by atoms with Crippen molar-refractivity contribution >= 4 is 0 Å². The van der Waals surface area contributed by atoms with E-state index in [1.165, 1.54) is 57.3 Å². The van der Waals surface area contributed by atoms with Crippen LogP contribution in [0.1, 0.15) is 57.4 Å². The summed E-state index contributed by atoms with van der Waals surface area (Å²) in [5.74, 6) is 3.26. The molecule has 22 heavy (non-hydrogen) atoms. The maximum absolute atomic E-state index is 5.57. The molecule has 0 spiro atoms. The normalized spacial score (nSPS) is 19.0. The summed E-state index contributed by atoms with van der Waals surface area (Å²) < 4.78 is 11.0. The SMILES string of the molecule is CC(C)CC[C@@H](CC[NH+]1CCCC1)c1ccc2c(c1)OCO2. The summed E-state index contributed by atoms with van der Waals surface area (Å²) in [7, 11) is 0. The van der Waals surface area contributed by atoms with Crippen molar-refractivity contribution in [3.05, 3.63) is 23.8 Å². The van der Waals surface area contributed by atoms with Crippen LogP contribution in [0.2, 0.25) is 0 Å². The van der Waals surface area contributed by atoms with E-state index in [1.54, 1.807) is 4.90 Å². The van der Waals surface area contributed by atoms with Crippen molar-refractivity contribution in [2.75, 3.05) is 26.4 Å². The lowest BCUT2D eigenvalue weighted by atomic mass is 9.88. The van der Waals surface area contributed by atoms with E-state index in [4.69, 9.17) is 9.47 Å². The highest BCUT2D eigenvalue weighted by molar-refractivity contribution is 5.45. The van der Waals surface area contributed by atoms with Gasteiger partial charge in [-0.1, -0.05) is 26.3 Å². The minimum absolute atomic E-state index is 0.368. The van der Waals surface area contributed by atoms with Gasteiger partial charge < -0.3 is 14.4 Å². The maximum Gasteiger partial charge on any atom is 0.231 e. The number of ether oxygens (including phenoxy) is 2. The number of rotatable bonds is 7. The third-order valence-electron chi connectivity index (χ3n) is 5.12. The quantitative estimate of drug-likeness (QED) is 0.837. The molecule has 2 aliphatic heterocycles. The average molecular weight is 304 g/mol. The van der Waals surface area contributed by atoms with E-state index in [1.807, 2.05) is 0 Å². The Kier molecular flexibility index (Phi) is 5.24. The molecule has 3 heteroatoms. The number of nitrogens with one attached hydrogen (secondary N) is 1. The van der Waals surface area contributed by atoms with Crippen molar-refractivity contribution in [3.8, 4) is 11.5 Å². The number of fused-ring (bicyclic) bond motifs is 1. The van der Waals surface area contributed by atoms with Gasteiger partial charge in [0.05, 0.1) is 19.6 Å². The first-order valence-electron chi connectivity index (χ1n) is 8.95. The zero-order chi connectivity index (χ0) is 15.4. The van der Waals surface area contributed by atoms with E-state index in [2.05, 4.69) is 32.0 Å². The van der Waals surface area contributed by atoms with Crippen molar-refractivity contribution in [3.63, 3.8) is 0 Å². The summed E-state index contributed by atoms with van der Waals surface area (Å²) in [6.45, 7) is 9.07. The Balaban J connectivity index is 1.66. The van der Waals surface area contributed by atoms with Crippen LogP contribution >= 0.6 is 0 Å². The smallest absolute Gasteiger partial charge is 0.231 e. The number of hydrogen-bond donors (Lipinski definition) is 1. The van der Waals surface area contributed by atoms with Gasteiger partial charge in [-0.2, -0.15) is 0 Å². The van der Waals surface area contributed by atoms with Crippen LogP contribution in [0.5, 0.6) is 11.5 Å². The average Bonchev–Trinajstić information content (AvgIpc) is 3.17. The van der Waals surface area contributed by atoms with Crippen molar-refractivity contribution in [2.24, 2.45) is 5.92 Å². The van der Waals surface area contributed by atoms with Gasteiger partial charge >= 0.3 is 0 Å². The molecule has 0 amide bonds. The molecule has 2 aliphatic rings. The topological polar surface area (TPSA) is 22.9 Å². The zero-order valence-electron chi connectivity index (χ0n) is 14.1. The van der Waals surface area contributed by atoms with Crippen LogP contribution in [0.4, 0.5) is 0 Å². The Morgan fingerprint density at radius 1 is 1.00 bits per heavy atom. The lowest BCUT2D eigenvalue weighted by Crippen LogP contribution is -3.10. The van der Waals surface area contributed by atoms with Crippen LogP contribution in [0.15, 0.2) is 18.2 Å². The van der Waals surface area contributed by atoms with Gasteiger partial charge in [0.1, 0.15) is 0 Å². The lowest BCUT2D eigenvalue weighted by molar-refractivity contribution is -0.887. The van der Waals surface area contributed by atoms with Crippen molar-refractivity contribution < 1.29 is 14.4 Å². The van der Waals surface area contributed by atoms with Gasteiger partial charge in [-0.15, -0.1) is 0 Å². The molecule has 1 N–H and O–H groups in total. The van der Waals surface area contributed by atoms with Gasteiger partial charge in [0, 0.05) is 19.3 Å². The predicted octanol–water partition coefficient (Wildman–Crippen LogP) is 3.00. The first kappa shape index (κ1) is 15.7. The molecule has 1 aromatic carbocycles. The Morgan fingerprint density at radius 3 is 2.55 bits per heavy atom. The van der Waals surface area contributed by atoms with Gasteiger partial charge in [0.2, 0.25) is 6.79 Å². The highest BCUT2D eigenvalue weighted by atomic mass is 16.7. The van der Waals surface area contributed by atoms with E-state index in [0.717, 1.165) is 17.4 Å². The lowest BCUT2D eigenvalue weighted by Gasteiger charge is -2.21. The monoisotopic (exact) mass is 304 g/mol. The van der Waals surface area contributed by atoms with Crippen LogP contribution in [0.3, 0.4) is 0 Å². The van der Waals surface area contributed by atoms with Gasteiger partial charge in [-0.3, -0.25) is 0 Å². The van der Waals surface area contributed by atoms with Gasteiger partial charge in [-0.05, 0) is 36.0 Å². The molecule has 3 nitrogen and oxygen atoms in total. The van der Waals surface area contributed by atoms with E-state index < -0.39 is 0 Å². The Morgan fingerprint density at radius 2 is 1.77 bits per heavy atom. The largest absolute Gasteiger partial charge is 0.454 e. The minimum atomic E-state index is 0.368. The molecule has 2 heterocycles. The van der Waals surface area contributed by atoms with Gasteiger partial charge in [0.25, 0.3) is 0 Å².